The summed E-state index contributed by atoms with van der Waals surface area (Å²) >= 11 is 6.69. The Kier molecular flexibility index (Phi) is 7.29. The predicted octanol–water partition coefficient (Wildman–Crippen LogP) is 3.88. The molecule has 34 heavy (non-hydrogen) atoms. The molecule has 0 saturated carbocycles. The number of phenolic OH excluding ortho intramolecular Hbond substituents is 1. The van der Waals surface area contributed by atoms with E-state index in [1.165, 1.54) is 18.4 Å². The van der Waals surface area contributed by atoms with Gasteiger partial charge in [0.2, 0.25) is 0 Å². The van der Waals surface area contributed by atoms with Crippen LogP contribution in [0.1, 0.15) is 31.0 Å². The molecule has 1 N–H and O–H groups in total. The van der Waals surface area contributed by atoms with Crippen molar-refractivity contribution in [2.24, 2.45) is 4.99 Å². The van der Waals surface area contributed by atoms with Gasteiger partial charge in [-0.25, -0.2) is 9.79 Å². The van der Waals surface area contributed by atoms with Gasteiger partial charge in [-0.15, -0.1) is 0 Å². The molecule has 1 aromatic heterocycles. The highest BCUT2D eigenvalue weighted by Gasteiger charge is 2.33. The monoisotopic (exact) mass is 654 g/mol. The summed E-state index contributed by atoms with van der Waals surface area (Å²) in [6, 6.07) is 10.2. The lowest BCUT2D eigenvalue weighted by atomic mass is 9.96. The molecule has 0 radical (unpaired) electrons. The molecule has 10 heteroatoms. The fourth-order valence-electron chi connectivity index (χ4n) is 3.74. The number of carbonyl (C=O) groups excluding carboxylic acids is 1. The average molecular weight is 655 g/mol. The second-order valence-electron chi connectivity index (χ2n) is 7.41. The van der Waals surface area contributed by atoms with Gasteiger partial charge in [-0.05, 0) is 77.9 Å². The lowest BCUT2D eigenvalue weighted by Crippen LogP contribution is -2.39. The Morgan fingerprint density at radius 2 is 2.03 bits per heavy atom. The molecule has 4 rings (SSSR count). The van der Waals surface area contributed by atoms with Crippen LogP contribution >= 0.6 is 49.9 Å². The standard InChI is InChI=1S/C24H20BrIN2O5S/c1-4-33-23(31)19-12(2)27-24-28(20(19)14-5-7-15(25)8-6-14)22(30)18(34-24)11-13-9-16(26)21(29)17(10-13)32-3/h5-11,20,29H,4H2,1-3H3. The smallest absolute Gasteiger partial charge is 0.338 e. The maximum Gasteiger partial charge on any atom is 0.338 e. The molecular formula is C24H20BrIN2O5S. The number of nitrogens with zero attached hydrogens (tertiary/aromatic N) is 2. The van der Waals surface area contributed by atoms with E-state index in [1.54, 1.807) is 36.6 Å². The molecule has 0 amide bonds. The third-order valence-electron chi connectivity index (χ3n) is 5.27. The molecule has 2 aromatic carbocycles. The highest BCUT2D eigenvalue weighted by Crippen LogP contribution is 2.33. The van der Waals surface area contributed by atoms with Crippen LogP contribution in [0.15, 0.2) is 61.9 Å². The maximum absolute atomic E-state index is 13.6. The van der Waals surface area contributed by atoms with Crippen LogP contribution in [0, 0.1) is 3.57 Å². The van der Waals surface area contributed by atoms with E-state index in [4.69, 9.17) is 9.47 Å². The topological polar surface area (TPSA) is 90.1 Å². The fourth-order valence-corrected chi connectivity index (χ4v) is 5.67. The van der Waals surface area contributed by atoms with Gasteiger partial charge in [-0.2, -0.15) is 0 Å². The van der Waals surface area contributed by atoms with E-state index in [1.807, 2.05) is 46.9 Å². The number of benzene rings is 2. The quantitative estimate of drug-likeness (QED) is 0.333. The van der Waals surface area contributed by atoms with Crippen molar-refractivity contribution in [2.75, 3.05) is 13.7 Å². The number of esters is 1. The summed E-state index contributed by atoms with van der Waals surface area (Å²) in [6.07, 6.45) is 1.73. The molecule has 0 aliphatic carbocycles. The number of thiazole rings is 1. The first-order chi connectivity index (χ1) is 16.2. The van der Waals surface area contributed by atoms with E-state index in [0.717, 1.165) is 10.0 Å². The number of phenols is 1. The minimum atomic E-state index is -0.667. The number of aromatic hydroxyl groups is 1. The summed E-state index contributed by atoms with van der Waals surface area (Å²) in [4.78, 5) is 31.6. The Morgan fingerprint density at radius 3 is 2.68 bits per heavy atom. The van der Waals surface area contributed by atoms with Gasteiger partial charge in [0.15, 0.2) is 16.3 Å². The molecule has 2 heterocycles. The van der Waals surface area contributed by atoms with Gasteiger partial charge < -0.3 is 14.6 Å². The van der Waals surface area contributed by atoms with Gasteiger partial charge >= 0.3 is 5.97 Å². The van der Waals surface area contributed by atoms with Crippen molar-refractivity contribution in [3.63, 3.8) is 0 Å². The molecule has 0 bridgehead atoms. The van der Waals surface area contributed by atoms with Gasteiger partial charge in [0, 0.05) is 4.47 Å². The third kappa shape index (κ3) is 4.58. The lowest BCUT2D eigenvalue weighted by molar-refractivity contribution is -0.139. The van der Waals surface area contributed by atoms with E-state index in [2.05, 4.69) is 20.9 Å². The number of hydrogen-bond acceptors (Lipinski definition) is 7. The lowest BCUT2D eigenvalue weighted by Gasteiger charge is -2.24. The molecule has 1 atom stereocenters. The first-order valence-electron chi connectivity index (χ1n) is 10.3. The van der Waals surface area contributed by atoms with Crippen molar-refractivity contribution in [1.82, 2.24) is 4.57 Å². The van der Waals surface area contributed by atoms with E-state index in [-0.39, 0.29) is 17.9 Å². The number of allylic oxidation sites excluding steroid dienone is 1. The Balaban J connectivity index is 1.95. The van der Waals surface area contributed by atoms with E-state index in [9.17, 15) is 14.7 Å². The molecule has 176 valence electrons. The fraction of sp³-hybridized carbons (Fsp3) is 0.208. The SMILES string of the molecule is CCOC(=O)C1=C(C)N=c2sc(=Cc3cc(I)c(O)c(OC)c3)c(=O)n2C1c1ccc(Br)cc1. The highest BCUT2D eigenvalue weighted by molar-refractivity contribution is 14.1. The highest BCUT2D eigenvalue weighted by atomic mass is 127. The number of fused-ring (bicyclic) bond motifs is 1. The maximum atomic E-state index is 13.6. The Hall–Kier alpha value is -2.44. The number of aromatic nitrogens is 1. The van der Waals surface area contributed by atoms with Crippen molar-refractivity contribution >= 4 is 61.9 Å². The third-order valence-corrected chi connectivity index (χ3v) is 7.61. The second-order valence-corrected chi connectivity index (χ2v) is 10.5. The molecule has 7 nitrogen and oxygen atoms in total. The molecular weight excluding hydrogens is 635 g/mol. The first kappa shape index (κ1) is 24.7. The Morgan fingerprint density at radius 1 is 1.32 bits per heavy atom. The van der Waals surface area contributed by atoms with Crippen LogP contribution in [0.5, 0.6) is 11.5 Å². The Labute approximate surface area is 221 Å². The predicted molar refractivity (Wildman–Crippen MR) is 142 cm³/mol. The molecule has 0 spiro atoms. The zero-order valence-electron chi connectivity index (χ0n) is 18.5. The van der Waals surface area contributed by atoms with Gasteiger partial charge in [-0.1, -0.05) is 39.4 Å². The number of ether oxygens (including phenoxy) is 2. The van der Waals surface area contributed by atoms with E-state index in [0.29, 0.717) is 35.5 Å². The second kappa shape index (κ2) is 10.0. The summed E-state index contributed by atoms with van der Waals surface area (Å²) in [6.45, 7) is 3.71. The van der Waals surface area contributed by atoms with Crippen LogP contribution in [0.25, 0.3) is 6.08 Å². The molecule has 1 aliphatic rings. The van der Waals surface area contributed by atoms with Crippen LogP contribution in [-0.4, -0.2) is 29.4 Å². The van der Waals surface area contributed by atoms with Gasteiger partial charge in [0.25, 0.3) is 5.56 Å². The number of carbonyl (C=O) groups is 1. The molecule has 0 saturated heterocycles. The van der Waals surface area contributed by atoms with E-state index < -0.39 is 12.0 Å². The van der Waals surface area contributed by atoms with Crippen LogP contribution in [0.4, 0.5) is 0 Å². The minimum absolute atomic E-state index is 0.0478. The zero-order valence-corrected chi connectivity index (χ0v) is 23.0. The molecule has 1 aliphatic heterocycles. The number of halogens is 2. The average Bonchev–Trinajstić information content (AvgIpc) is 3.10. The Bertz CT molecular complexity index is 1490. The summed E-state index contributed by atoms with van der Waals surface area (Å²) in [5.74, 6) is -0.130. The summed E-state index contributed by atoms with van der Waals surface area (Å²) in [5.41, 5.74) is 2.05. The van der Waals surface area contributed by atoms with Crippen LogP contribution in [0.3, 0.4) is 0 Å². The number of rotatable bonds is 5. The van der Waals surface area contributed by atoms with Crippen molar-refractivity contribution in [3.05, 3.63) is 86.5 Å². The summed E-state index contributed by atoms with van der Waals surface area (Å²) in [7, 11) is 1.47. The summed E-state index contributed by atoms with van der Waals surface area (Å²) in [5, 5.41) is 10.1. The van der Waals surface area contributed by atoms with Crippen LogP contribution in [0.2, 0.25) is 0 Å². The van der Waals surface area contributed by atoms with Gasteiger partial charge in [-0.3, -0.25) is 9.36 Å². The zero-order chi connectivity index (χ0) is 24.6. The van der Waals surface area contributed by atoms with Crippen molar-refractivity contribution in [3.8, 4) is 11.5 Å². The number of hydrogen-bond donors (Lipinski definition) is 1. The van der Waals surface area contributed by atoms with Crippen molar-refractivity contribution in [2.45, 2.75) is 19.9 Å². The summed E-state index contributed by atoms with van der Waals surface area (Å²) < 4.78 is 14.0. The van der Waals surface area contributed by atoms with Crippen molar-refractivity contribution < 1.29 is 19.4 Å². The van der Waals surface area contributed by atoms with Gasteiger partial charge in [0.05, 0.1) is 39.1 Å². The molecule has 3 aromatic rings. The largest absolute Gasteiger partial charge is 0.504 e. The van der Waals surface area contributed by atoms with Gasteiger partial charge in [0.1, 0.15) is 0 Å². The molecule has 1 unspecified atom stereocenters. The van der Waals surface area contributed by atoms with Crippen LogP contribution < -0.4 is 19.6 Å². The van der Waals surface area contributed by atoms with Crippen molar-refractivity contribution in [1.29, 1.82) is 0 Å². The number of methoxy groups -OCH3 is 1. The van der Waals surface area contributed by atoms with Crippen LogP contribution in [-0.2, 0) is 9.53 Å². The molecule has 0 fully saturated rings. The normalized spacial score (nSPS) is 15.7. The van der Waals surface area contributed by atoms with E-state index >= 15 is 0 Å². The first-order valence-corrected chi connectivity index (χ1v) is 13.0. The minimum Gasteiger partial charge on any atom is -0.504 e.